The van der Waals surface area contributed by atoms with E-state index in [1.807, 2.05) is 6.92 Å². The Balaban J connectivity index is 2.32. The van der Waals surface area contributed by atoms with Crippen LogP contribution in [0.25, 0.3) is 0 Å². The number of amides is 3. The van der Waals surface area contributed by atoms with Gasteiger partial charge in [-0.15, -0.1) is 11.3 Å². The van der Waals surface area contributed by atoms with E-state index in [1.165, 1.54) is 11.3 Å². The Kier molecular flexibility index (Phi) is 5.11. The Hall–Kier alpha value is -1.41. The zero-order valence-corrected chi connectivity index (χ0v) is 11.0. The number of primary amides is 1. The third kappa shape index (κ3) is 4.96. The van der Waals surface area contributed by atoms with E-state index in [0.717, 1.165) is 10.6 Å². The van der Waals surface area contributed by atoms with Gasteiger partial charge in [-0.05, 0) is 19.1 Å². The number of aryl methyl sites for hydroxylation is 1. The Morgan fingerprint density at radius 3 is 2.59 bits per heavy atom. The summed E-state index contributed by atoms with van der Waals surface area (Å²) in [6.07, 6.45) is 0.292. The number of carbonyl (C=O) groups is 2. The summed E-state index contributed by atoms with van der Waals surface area (Å²) in [5.74, 6) is -0.107. The van der Waals surface area contributed by atoms with E-state index in [9.17, 15) is 9.59 Å². The number of urea groups is 1. The molecular formula is C9H14N4O2S2. The predicted octanol–water partition coefficient (Wildman–Crippen LogP) is 0.441. The molecule has 1 heterocycles. The molecule has 1 rings (SSSR count). The van der Waals surface area contributed by atoms with Gasteiger partial charge in [0, 0.05) is 23.7 Å². The average molecular weight is 274 g/mol. The van der Waals surface area contributed by atoms with E-state index in [2.05, 4.69) is 15.6 Å². The second-order valence-corrected chi connectivity index (χ2v) is 5.15. The molecule has 17 heavy (non-hydrogen) atoms. The highest BCUT2D eigenvalue weighted by molar-refractivity contribution is 7.73. The summed E-state index contributed by atoms with van der Waals surface area (Å²) < 4.78 is 0.667. The molecule has 1 aromatic heterocycles. The van der Waals surface area contributed by atoms with Gasteiger partial charge in [-0.25, -0.2) is 4.79 Å². The van der Waals surface area contributed by atoms with Crippen molar-refractivity contribution >= 4 is 35.5 Å². The lowest BCUT2D eigenvalue weighted by atomic mass is 10.3. The van der Waals surface area contributed by atoms with E-state index in [-0.39, 0.29) is 5.91 Å². The van der Waals surface area contributed by atoms with E-state index in [1.54, 1.807) is 0 Å². The molecule has 0 unspecified atom stereocenters. The van der Waals surface area contributed by atoms with Crippen molar-refractivity contribution in [2.45, 2.75) is 13.3 Å². The molecule has 0 saturated heterocycles. The zero-order chi connectivity index (χ0) is 12.8. The highest BCUT2D eigenvalue weighted by atomic mass is 32.1. The second-order valence-electron chi connectivity index (χ2n) is 3.38. The summed E-state index contributed by atoms with van der Waals surface area (Å²) in [5, 5.41) is 5.06. The highest BCUT2D eigenvalue weighted by Gasteiger charge is 2.07. The normalized spacial score (nSPS) is 9.94. The van der Waals surface area contributed by atoms with E-state index in [4.69, 9.17) is 18.0 Å². The molecule has 0 aromatic carbocycles. The van der Waals surface area contributed by atoms with Crippen molar-refractivity contribution in [3.63, 3.8) is 0 Å². The van der Waals surface area contributed by atoms with Gasteiger partial charge in [0.2, 0.25) is 5.91 Å². The molecule has 5 N–H and O–H groups in total. The Labute approximate surface area is 108 Å². The van der Waals surface area contributed by atoms with Gasteiger partial charge in [-0.2, -0.15) is 0 Å². The molecule has 6 nitrogen and oxygen atoms in total. The number of H-pyrrole nitrogens is 1. The maximum Gasteiger partial charge on any atom is 0.312 e. The molecule has 0 saturated carbocycles. The summed E-state index contributed by atoms with van der Waals surface area (Å²) in [6, 6.07) is -0.598. The molecule has 0 atom stereocenters. The molecule has 0 spiro atoms. The Morgan fingerprint density at radius 1 is 1.41 bits per heavy atom. The molecule has 0 fully saturated rings. The summed E-state index contributed by atoms with van der Waals surface area (Å²) in [5.41, 5.74) is 5.80. The van der Waals surface area contributed by atoms with Crippen molar-refractivity contribution < 1.29 is 9.59 Å². The van der Waals surface area contributed by atoms with Crippen LogP contribution >= 0.6 is 23.6 Å². The molecule has 8 heteroatoms. The maximum absolute atomic E-state index is 11.5. The predicted molar refractivity (Wildman–Crippen MR) is 68.5 cm³/mol. The third-order valence-corrected chi connectivity index (χ3v) is 3.33. The van der Waals surface area contributed by atoms with Gasteiger partial charge in [0.05, 0.1) is 6.42 Å². The molecule has 0 bridgehead atoms. The van der Waals surface area contributed by atoms with Gasteiger partial charge in [0.15, 0.2) is 3.95 Å². The number of carbonyl (C=O) groups excluding carboxylic acids is 2. The molecule has 3 amide bonds. The highest BCUT2D eigenvalue weighted by Crippen LogP contribution is 2.14. The monoisotopic (exact) mass is 274 g/mol. The Morgan fingerprint density at radius 2 is 2.06 bits per heavy atom. The molecule has 1 aromatic rings. The van der Waals surface area contributed by atoms with Crippen molar-refractivity contribution in [1.29, 1.82) is 0 Å². The summed E-state index contributed by atoms with van der Waals surface area (Å²) in [6.45, 7) is 2.56. The molecule has 0 aliphatic rings. The lowest BCUT2D eigenvalue weighted by Crippen LogP contribution is -2.37. The SMILES string of the molecule is Cc1[nH]c(=S)sc1CC(=O)NCCNC(N)=O. The van der Waals surface area contributed by atoms with Crippen LogP contribution in [0.4, 0.5) is 4.79 Å². The van der Waals surface area contributed by atoms with Crippen molar-refractivity contribution in [1.82, 2.24) is 15.6 Å². The second kappa shape index (κ2) is 6.36. The van der Waals surface area contributed by atoms with Crippen LogP contribution in [0.5, 0.6) is 0 Å². The van der Waals surface area contributed by atoms with Gasteiger partial charge >= 0.3 is 6.03 Å². The van der Waals surface area contributed by atoms with Crippen LogP contribution in [-0.2, 0) is 11.2 Å². The molecule has 0 aliphatic carbocycles. The fourth-order valence-corrected chi connectivity index (χ4v) is 2.49. The Bertz CT molecular complexity index is 466. The summed E-state index contributed by atoms with van der Waals surface area (Å²) >= 11 is 6.37. The van der Waals surface area contributed by atoms with Gasteiger partial charge in [-0.3, -0.25) is 4.79 Å². The third-order valence-electron chi connectivity index (χ3n) is 1.99. The van der Waals surface area contributed by atoms with Crippen molar-refractivity contribution in [3.8, 4) is 0 Å². The molecule has 0 radical (unpaired) electrons. The number of aromatic amines is 1. The first kappa shape index (κ1) is 13.7. The standard InChI is InChI=1S/C9H14N4O2S2/c1-5-6(17-9(16)13-5)4-7(14)11-2-3-12-8(10)15/h2-4H2,1H3,(H,11,14)(H,13,16)(H3,10,12,15). The van der Waals surface area contributed by atoms with Crippen LogP contribution in [-0.4, -0.2) is 30.0 Å². The van der Waals surface area contributed by atoms with Gasteiger partial charge in [0.25, 0.3) is 0 Å². The fourth-order valence-electron chi connectivity index (χ4n) is 1.20. The number of hydrogen-bond donors (Lipinski definition) is 4. The number of hydrogen-bond acceptors (Lipinski definition) is 4. The van der Waals surface area contributed by atoms with Crippen LogP contribution in [0.3, 0.4) is 0 Å². The number of aromatic nitrogens is 1. The number of nitrogens with two attached hydrogens (primary N) is 1. The van der Waals surface area contributed by atoms with E-state index < -0.39 is 6.03 Å². The van der Waals surface area contributed by atoms with E-state index in [0.29, 0.717) is 23.5 Å². The molecular weight excluding hydrogens is 260 g/mol. The van der Waals surface area contributed by atoms with Gasteiger partial charge < -0.3 is 21.4 Å². The largest absolute Gasteiger partial charge is 0.354 e. The smallest absolute Gasteiger partial charge is 0.312 e. The zero-order valence-electron chi connectivity index (χ0n) is 9.33. The van der Waals surface area contributed by atoms with Gasteiger partial charge in [0.1, 0.15) is 0 Å². The lowest BCUT2D eigenvalue weighted by Gasteiger charge is -2.04. The average Bonchev–Trinajstić information content (AvgIpc) is 2.52. The first-order valence-electron chi connectivity index (χ1n) is 4.97. The first-order valence-corrected chi connectivity index (χ1v) is 6.20. The molecule has 94 valence electrons. The minimum absolute atomic E-state index is 0.107. The first-order chi connectivity index (χ1) is 7.99. The number of thiazole rings is 1. The van der Waals surface area contributed by atoms with Crippen LogP contribution in [0.1, 0.15) is 10.6 Å². The van der Waals surface area contributed by atoms with Crippen molar-refractivity contribution in [3.05, 3.63) is 14.5 Å². The number of rotatable bonds is 5. The van der Waals surface area contributed by atoms with Crippen molar-refractivity contribution in [2.24, 2.45) is 5.73 Å². The maximum atomic E-state index is 11.5. The fraction of sp³-hybridized carbons (Fsp3) is 0.444. The lowest BCUT2D eigenvalue weighted by molar-refractivity contribution is -0.120. The van der Waals surface area contributed by atoms with Crippen LogP contribution in [0, 0.1) is 10.9 Å². The minimum atomic E-state index is -0.598. The summed E-state index contributed by atoms with van der Waals surface area (Å²) in [7, 11) is 0. The molecule has 0 aliphatic heterocycles. The van der Waals surface area contributed by atoms with Crippen LogP contribution in [0.15, 0.2) is 0 Å². The number of nitrogens with one attached hydrogen (secondary N) is 3. The minimum Gasteiger partial charge on any atom is -0.354 e. The van der Waals surface area contributed by atoms with Crippen LogP contribution in [0.2, 0.25) is 0 Å². The topological polar surface area (TPSA) is 100 Å². The van der Waals surface area contributed by atoms with Crippen molar-refractivity contribution in [2.75, 3.05) is 13.1 Å². The van der Waals surface area contributed by atoms with E-state index >= 15 is 0 Å². The van der Waals surface area contributed by atoms with Crippen LogP contribution < -0.4 is 16.4 Å². The summed E-state index contributed by atoms with van der Waals surface area (Å²) in [4.78, 5) is 25.8. The van der Waals surface area contributed by atoms with Gasteiger partial charge in [-0.1, -0.05) is 0 Å². The quantitative estimate of drug-likeness (QED) is 0.463.